The van der Waals surface area contributed by atoms with Crippen LogP contribution in [0.15, 0.2) is 11.6 Å². The van der Waals surface area contributed by atoms with Gasteiger partial charge in [-0.3, -0.25) is 9.59 Å². The first kappa shape index (κ1) is 23.2. The molecule has 0 aromatic rings. The fourth-order valence-corrected chi connectivity index (χ4v) is 9.61. The molecule has 11 atom stereocenters. The van der Waals surface area contributed by atoms with E-state index in [2.05, 4.69) is 33.8 Å². The molecule has 0 bridgehead atoms. The van der Waals surface area contributed by atoms with Gasteiger partial charge in [-0.2, -0.15) is 0 Å². The molecule has 5 fully saturated rings. The Bertz CT molecular complexity index is 915. The van der Waals surface area contributed by atoms with E-state index >= 15 is 0 Å². The van der Waals surface area contributed by atoms with Gasteiger partial charge in [-0.05, 0) is 80.1 Å². The molecule has 6 rings (SSSR count). The fraction of sp³-hybridized carbons (Fsp3) is 0.862. The van der Waals surface area contributed by atoms with E-state index in [-0.39, 0.29) is 40.8 Å². The van der Waals surface area contributed by atoms with Crippen LogP contribution in [0.3, 0.4) is 0 Å². The first-order valence-electron chi connectivity index (χ1n) is 13.8. The molecule has 0 aromatic heterocycles. The largest absolute Gasteiger partial charge is 0.463 e. The Kier molecular flexibility index (Phi) is 5.22. The molecule has 2 heterocycles. The van der Waals surface area contributed by atoms with Crippen LogP contribution < -0.4 is 0 Å². The lowest BCUT2D eigenvalue weighted by molar-refractivity contribution is -0.271. The molecule has 4 aliphatic carbocycles. The van der Waals surface area contributed by atoms with E-state index in [1.54, 1.807) is 0 Å². The maximum Gasteiger partial charge on any atom is 0.302 e. The summed E-state index contributed by atoms with van der Waals surface area (Å²) < 4.78 is 18.8. The van der Waals surface area contributed by atoms with Gasteiger partial charge in [-0.1, -0.05) is 33.3 Å². The molecule has 188 valence electrons. The molecule has 1 spiro atoms. The number of ether oxygens (including phenoxy) is 3. The highest BCUT2D eigenvalue weighted by Gasteiger charge is 2.70. The van der Waals surface area contributed by atoms with Crippen LogP contribution in [0, 0.1) is 46.3 Å². The number of ketones is 1. The summed E-state index contributed by atoms with van der Waals surface area (Å²) in [7, 11) is 0. The quantitative estimate of drug-likeness (QED) is 0.476. The first-order valence-corrected chi connectivity index (χ1v) is 13.8. The second kappa shape index (κ2) is 7.65. The topological polar surface area (TPSA) is 61.8 Å². The maximum atomic E-state index is 14.0. The van der Waals surface area contributed by atoms with E-state index in [1.807, 2.05) is 0 Å². The van der Waals surface area contributed by atoms with Crippen LogP contribution in [0.25, 0.3) is 0 Å². The molecule has 0 amide bonds. The van der Waals surface area contributed by atoms with Crippen molar-refractivity contribution in [3.8, 4) is 0 Å². The summed E-state index contributed by atoms with van der Waals surface area (Å²) in [4.78, 5) is 25.6. The summed E-state index contributed by atoms with van der Waals surface area (Å²) in [5, 5.41) is 0. The van der Waals surface area contributed by atoms with Gasteiger partial charge in [0.1, 0.15) is 6.10 Å². The van der Waals surface area contributed by atoms with Gasteiger partial charge < -0.3 is 14.2 Å². The van der Waals surface area contributed by atoms with Gasteiger partial charge in [0.25, 0.3) is 0 Å². The van der Waals surface area contributed by atoms with Crippen LogP contribution in [-0.2, 0) is 23.8 Å². The van der Waals surface area contributed by atoms with Gasteiger partial charge in [-0.25, -0.2) is 0 Å². The Hall–Kier alpha value is -1.20. The molecule has 2 aliphatic heterocycles. The fourth-order valence-electron chi connectivity index (χ4n) is 9.61. The van der Waals surface area contributed by atoms with Crippen LogP contribution in [0.1, 0.15) is 86.0 Å². The molecule has 0 N–H and O–H groups in total. The zero-order chi connectivity index (χ0) is 24.0. The van der Waals surface area contributed by atoms with Crippen LogP contribution in [0.2, 0.25) is 0 Å². The van der Waals surface area contributed by atoms with E-state index in [4.69, 9.17) is 14.2 Å². The minimum Gasteiger partial charge on any atom is -0.463 e. The summed E-state index contributed by atoms with van der Waals surface area (Å²) >= 11 is 0. The monoisotopic (exact) mass is 470 g/mol. The molecule has 5 heteroatoms. The average molecular weight is 471 g/mol. The minimum absolute atomic E-state index is 0.0340. The van der Waals surface area contributed by atoms with Gasteiger partial charge in [0.05, 0.1) is 12.7 Å². The minimum atomic E-state index is -0.487. The van der Waals surface area contributed by atoms with Crippen molar-refractivity contribution in [1.82, 2.24) is 0 Å². The van der Waals surface area contributed by atoms with E-state index in [1.165, 1.54) is 12.5 Å². The third-order valence-corrected chi connectivity index (χ3v) is 11.5. The van der Waals surface area contributed by atoms with Gasteiger partial charge in [-0.15, -0.1) is 0 Å². The highest BCUT2D eigenvalue weighted by atomic mass is 16.7. The summed E-state index contributed by atoms with van der Waals surface area (Å²) in [6.45, 7) is 11.5. The predicted octanol–water partition coefficient (Wildman–Crippen LogP) is 5.46. The molecule has 34 heavy (non-hydrogen) atoms. The molecule has 5 nitrogen and oxygen atoms in total. The number of esters is 1. The number of hydrogen-bond acceptors (Lipinski definition) is 5. The molecular weight excluding hydrogens is 428 g/mol. The zero-order valence-corrected chi connectivity index (χ0v) is 21.6. The Balaban J connectivity index is 1.29. The average Bonchev–Trinajstić information content (AvgIpc) is 3.23. The highest BCUT2D eigenvalue weighted by molar-refractivity contribution is 5.97. The van der Waals surface area contributed by atoms with Crippen molar-refractivity contribution in [1.29, 1.82) is 0 Å². The van der Waals surface area contributed by atoms with Crippen molar-refractivity contribution in [2.24, 2.45) is 46.3 Å². The summed E-state index contributed by atoms with van der Waals surface area (Å²) in [5.41, 5.74) is 1.10. The van der Waals surface area contributed by atoms with Gasteiger partial charge in [0, 0.05) is 30.6 Å². The van der Waals surface area contributed by atoms with Crippen molar-refractivity contribution >= 4 is 11.8 Å². The van der Waals surface area contributed by atoms with Gasteiger partial charge in [0.2, 0.25) is 0 Å². The number of fused-ring (bicyclic) bond motifs is 7. The van der Waals surface area contributed by atoms with Crippen LogP contribution in [-0.4, -0.2) is 36.4 Å². The molecule has 6 unspecified atom stereocenters. The van der Waals surface area contributed by atoms with Gasteiger partial charge in [0.15, 0.2) is 11.6 Å². The SMILES string of the molecule is CC(=O)OC1CC[C@]2(C)C3=CC(=O)[C@@]4(C)C(CC5O[C@]6(CCC(C)CO6)[C@@H](C)C54)C3CC[C@H]2C1. The van der Waals surface area contributed by atoms with Crippen molar-refractivity contribution in [2.45, 2.75) is 104 Å². The van der Waals surface area contributed by atoms with E-state index < -0.39 is 5.79 Å². The van der Waals surface area contributed by atoms with Crippen molar-refractivity contribution in [3.63, 3.8) is 0 Å². The number of carbonyl (C=O) groups is 2. The standard InChI is InChI=1S/C29H42O5/c1-16-8-11-29(32-15-16)17(2)26-24(34-29)13-23-21-7-6-19-12-20(33-18(3)30)9-10-27(19,4)22(21)14-25(31)28(23,26)5/h14,16-17,19-21,23-24,26H,6-13,15H2,1-5H3/t16?,17-,19-,20?,21?,23?,24?,26?,27-,28+,29+/m0/s1. The summed E-state index contributed by atoms with van der Waals surface area (Å²) in [5.74, 6) is 2.05. The molecule has 6 aliphatic rings. The van der Waals surface area contributed by atoms with E-state index in [9.17, 15) is 9.59 Å². The van der Waals surface area contributed by atoms with Crippen molar-refractivity contribution < 1.29 is 23.8 Å². The predicted molar refractivity (Wildman–Crippen MR) is 128 cm³/mol. The number of rotatable bonds is 1. The van der Waals surface area contributed by atoms with Crippen molar-refractivity contribution in [2.75, 3.05) is 6.61 Å². The number of hydrogen-bond donors (Lipinski definition) is 0. The van der Waals surface area contributed by atoms with E-state index in [0.29, 0.717) is 29.5 Å². The molecule has 0 radical (unpaired) electrons. The highest BCUT2D eigenvalue weighted by Crippen LogP contribution is 2.69. The second-order valence-electron chi connectivity index (χ2n) is 13.1. The lowest BCUT2D eigenvalue weighted by Gasteiger charge is -2.56. The third kappa shape index (κ3) is 3.04. The third-order valence-electron chi connectivity index (χ3n) is 11.5. The molecule has 0 aromatic carbocycles. The van der Waals surface area contributed by atoms with E-state index in [0.717, 1.165) is 58.0 Å². The molecule has 2 saturated heterocycles. The first-order chi connectivity index (χ1) is 16.1. The lowest BCUT2D eigenvalue weighted by Crippen LogP contribution is -2.53. The summed E-state index contributed by atoms with van der Waals surface area (Å²) in [6, 6.07) is 0. The second-order valence-corrected chi connectivity index (χ2v) is 13.1. The molecule has 3 saturated carbocycles. The normalized spacial score (nSPS) is 54.0. The Labute approximate surface area is 204 Å². The number of carbonyl (C=O) groups excluding carboxylic acids is 2. The van der Waals surface area contributed by atoms with Gasteiger partial charge >= 0.3 is 5.97 Å². The lowest BCUT2D eigenvalue weighted by atomic mass is 9.48. The Morgan fingerprint density at radius 1 is 1.09 bits per heavy atom. The maximum absolute atomic E-state index is 14.0. The molecular formula is C29H42O5. The smallest absolute Gasteiger partial charge is 0.302 e. The van der Waals surface area contributed by atoms with Crippen molar-refractivity contribution in [3.05, 3.63) is 11.6 Å². The van der Waals surface area contributed by atoms with Crippen LogP contribution >= 0.6 is 0 Å². The Morgan fingerprint density at radius 3 is 2.59 bits per heavy atom. The number of allylic oxidation sites excluding steroid dienone is 2. The Morgan fingerprint density at radius 2 is 1.88 bits per heavy atom. The summed E-state index contributed by atoms with van der Waals surface area (Å²) in [6.07, 6.45) is 10.4. The zero-order valence-electron chi connectivity index (χ0n) is 21.6. The van der Waals surface area contributed by atoms with Crippen LogP contribution in [0.5, 0.6) is 0 Å². The van der Waals surface area contributed by atoms with Crippen LogP contribution in [0.4, 0.5) is 0 Å².